The van der Waals surface area contributed by atoms with E-state index in [4.69, 9.17) is 16.2 Å². The van der Waals surface area contributed by atoms with Crippen molar-refractivity contribution in [2.75, 3.05) is 30.7 Å². The average Bonchev–Trinajstić information content (AvgIpc) is 3.65. The van der Waals surface area contributed by atoms with Crippen LogP contribution in [0.15, 0.2) is 73.1 Å². The molecule has 56 heavy (non-hydrogen) atoms. The highest BCUT2D eigenvalue weighted by atomic mass is 19.3. The molecule has 4 amide bonds. The van der Waals surface area contributed by atoms with Crippen LogP contribution in [0.2, 0.25) is 0 Å². The summed E-state index contributed by atoms with van der Waals surface area (Å²) in [5.41, 5.74) is 12.7. The first-order chi connectivity index (χ1) is 26.6. The first-order valence-electron chi connectivity index (χ1n) is 18.4. The fourth-order valence-corrected chi connectivity index (χ4v) is 7.31. The molecule has 5 heterocycles. The molecule has 3 aliphatic rings. The average molecular weight is 781 g/mol. The Balaban J connectivity index is 0.000000225. The van der Waals surface area contributed by atoms with Crippen molar-refractivity contribution >= 4 is 46.0 Å². The van der Waals surface area contributed by atoms with Crippen LogP contribution < -0.4 is 16.8 Å². The molecule has 0 bridgehead atoms. The van der Waals surface area contributed by atoms with Crippen molar-refractivity contribution in [3.05, 3.63) is 84.2 Å². The summed E-state index contributed by atoms with van der Waals surface area (Å²) in [6, 6.07) is 15.3. The number of nitrogens with zero attached hydrogens (tertiary/aromatic N) is 5. The number of nitrogens with two attached hydrogens (primary N) is 2. The fraction of sp³-hybridized carbons (Fsp3) is 0.436. The SMILES string of the molecule is C[C@@H]1CN(C(=O)C(=O)Nc2cnc(N)c3cn(C4CCCCO4)nc23)[C@@H](c2ccccc2)CC1(F)F.C[C@@H]1CN(C(=O)C(N)=O)[C@@H](c2ccccc2)CC1(F)F. The molecule has 5 N–H and O–H groups in total. The standard InChI is InChI=1S/C25H28F2N6O3.C14H16F2N2O2/c1-15-13-32(19(11-25(15,26)27)16-7-3-2-4-8-16)24(35)23(34)30-18-12-29-22(28)17-14-33(31-21(17)18)20-9-5-6-10-36-20;1-9-8-18(13(20)12(17)19)11(7-14(9,15)16)10-5-3-2-4-6-10/h2-4,7-8,12,14-15,19-20H,5-6,9-11,13H2,1H3,(H2,28,29)(H,30,34);2-6,9,11H,7-8H2,1H3,(H2,17,19)/t15-,19-,20?;9-,11-/m11/s1. The number of hydrogen-bond acceptors (Lipinski definition) is 8. The predicted molar refractivity (Wildman–Crippen MR) is 198 cm³/mol. The quantitative estimate of drug-likeness (QED) is 0.177. The third kappa shape index (κ3) is 8.46. The number of hydrogen-bond donors (Lipinski definition) is 3. The van der Waals surface area contributed by atoms with Crippen LogP contribution in [-0.2, 0) is 23.9 Å². The second kappa shape index (κ2) is 16.3. The number of halogens is 4. The van der Waals surface area contributed by atoms with Crippen molar-refractivity contribution in [2.24, 2.45) is 17.6 Å². The second-order valence-corrected chi connectivity index (χ2v) is 14.6. The molecule has 1 unspecified atom stereocenters. The number of fused-ring (bicyclic) bond motifs is 1. The van der Waals surface area contributed by atoms with Gasteiger partial charge in [-0.05, 0) is 30.4 Å². The van der Waals surface area contributed by atoms with Gasteiger partial charge in [0, 0.05) is 50.6 Å². The summed E-state index contributed by atoms with van der Waals surface area (Å²) >= 11 is 0. The number of likely N-dealkylation sites (tertiary alicyclic amines) is 2. The highest BCUT2D eigenvalue weighted by Crippen LogP contribution is 2.44. The molecule has 17 heteroatoms. The van der Waals surface area contributed by atoms with E-state index in [1.807, 2.05) is 0 Å². The van der Waals surface area contributed by atoms with E-state index in [1.165, 1.54) is 24.9 Å². The summed E-state index contributed by atoms with van der Waals surface area (Å²) in [5, 5.41) is 7.65. The van der Waals surface area contributed by atoms with E-state index in [1.54, 1.807) is 71.5 Å². The molecule has 5 atom stereocenters. The maximum atomic E-state index is 14.6. The van der Waals surface area contributed by atoms with Crippen LogP contribution >= 0.6 is 0 Å². The summed E-state index contributed by atoms with van der Waals surface area (Å²) < 4.78 is 64.5. The van der Waals surface area contributed by atoms with Gasteiger partial charge in [-0.25, -0.2) is 27.2 Å². The van der Waals surface area contributed by atoms with Crippen LogP contribution in [0.5, 0.6) is 0 Å². The van der Waals surface area contributed by atoms with Crippen LogP contribution in [0.4, 0.5) is 29.1 Å². The summed E-state index contributed by atoms with van der Waals surface area (Å²) in [5.74, 6) is -11.6. The zero-order chi connectivity index (χ0) is 40.4. The zero-order valence-electron chi connectivity index (χ0n) is 30.9. The van der Waals surface area contributed by atoms with E-state index in [0.29, 0.717) is 28.6 Å². The third-order valence-corrected chi connectivity index (χ3v) is 10.7. The molecular formula is C39H44F4N8O5. The van der Waals surface area contributed by atoms with Crippen LogP contribution in [-0.4, -0.2) is 79.7 Å². The molecule has 2 aromatic carbocycles. The molecule has 0 aliphatic carbocycles. The maximum absolute atomic E-state index is 14.6. The van der Waals surface area contributed by atoms with Crippen molar-refractivity contribution < 1.29 is 41.5 Å². The Morgan fingerprint density at radius 3 is 1.86 bits per heavy atom. The number of pyridine rings is 1. The number of benzene rings is 2. The van der Waals surface area contributed by atoms with Gasteiger partial charge in [0.25, 0.3) is 11.8 Å². The van der Waals surface area contributed by atoms with Crippen molar-refractivity contribution in [3.8, 4) is 0 Å². The molecule has 3 fully saturated rings. The Kier molecular flexibility index (Phi) is 11.6. The molecule has 4 aromatic rings. The Labute approximate surface area is 320 Å². The molecule has 0 radical (unpaired) electrons. The van der Waals surface area contributed by atoms with Gasteiger partial charge in [0.15, 0.2) is 0 Å². The molecule has 2 aromatic heterocycles. The van der Waals surface area contributed by atoms with Crippen LogP contribution in [0.3, 0.4) is 0 Å². The number of carbonyl (C=O) groups is 4. The smallest absolute Gasteiger partial charge is 0.314 e. The number of rotatable bonds is 4. The van der Waals surface area contributed by atoms with Gasteiger partial charge in [-0.3, -0.25) is 19.2 Å². The molecule has 7 rings (SSSR count). The Bertz CT molecular complexity index is 2060. The van der Waals surface area contributed by atoms with Gasteiger partial charge < -0.3 is 31.3 Å². The number of anilines is 2. The van der Waals surface area contributed by atoms with Gasteiger partial charge in [0.2, 0.25) is 0 Å². The van der Waals surface area contributed by atoms with E-state index in [0.717, 1.165) is 24.2 Å². The molecule has 13 nitrogen and oxygen atoms in total. The largest absolute Gasteiger partial charge is 0.383 e. The molecule has 3 saturated heterocycles. The molecule has 0 saturated carbocycles. The fourth-order valence-electron chi connectivity index (χ4n) is 7.31. The predicted octanol–water partition coefficient (Wildman–Crippen LogP) is 5.61. The zero-order valence-corrected chi connectivity index (χ0v) is 30.9. The number of primary amides is 1. The Morgan fingerprint density at radius 2 is 1.36 bits per heavy atom. The van der Waals surface area contributed by atoms with Gasteiger partial charge in [0.05, 0.1) is 29.4 Å². The van der Waals surface area contributed by atoms with Gasteiger partial charge >= 0.3 is 23.6 Å². The third-order valence-electron chi connectivity index (χ3n) is 10.7. The summed E-state index contributed by atoms with van der Waals surface area (Å²) in [4.78, 5) is 55.8. The van der Waals surface area contributed by atoms with E-state index in [-0.39, 0.29) is 30.8 Å². The van der Waals surface area contributed by atoms with Crippen molar-refractivity contribution in [1.29, 1.82) is 0 Å². The number of carbonyl (C=O) groups excluding carboxylic acids is 4. The Morgan fingerprint density at radius 1 is 0.821 bits per heavy atom. The minimum atomic E-state index is -2.96. The molecule has 3 aliphatic heterocycles. The van der Waals surface area contributed by atoms with E-state index >= 15 is 0 Å². The number of nitrogen functional groups attached to an aromatic ring is 1. The van der Waals surface area contributed by atoms with Crippen molar-refractivity contribution in [3.63, 3.8) is 0 Å². The first kappa shape index (κ1) is 40.1. The van der Waals surface area contributed by atoms with E-state index < -0.39 is 72.2 Å². The monoisotopic (exact) mass is 780 g/mol. The summed E-state index contributed by atoms with van der Waals surface area (Å²) in [6.07, 6.45) is 4.51. The lowest BCUT2D eigenvalue weighted by atomic mass is 9.86. The number of alkyl halides is 4. The highest BCUT2D eigenvalue weighted by Gasteiger charge is 2.50. The van der Waals surface area contributed by atoms with E-state index in [2.05, 4.69) is 15.4 Å². The number of aromatic nitrogens is 3. The lowest BCUT2D eigenvalue weighted by molar-refractivity contribution is -0.159. The van der Waals surface area contributed by atoms with Crippen LogP contribution in [0.1, 0.15) is 75.4 Å². The number of amides is 4. The number of nitrogens with one attached hydrogen (secondary N) is 1. The van der Waals surface area contributed by atoms with Gasteiger partial charge in [-0.15, -0.1) is 0 Å². The number of ether oxygens (including phenoxy) is 1. The first-order valence-corrected chi connectivity index (χ1v) is 18.4. The normalized spacial score (nSPS) is 24.4. The summed E-state index contributed by atoms with van der Waals surface area (Å²) in [7, 11) is 0. The minimum absolute atomic E-state index is 0.186. The molecule has 0 spiro atoms. The topological polar surface area (TPSA) is 179 Å². The lowest BCUT2D eigenvalue weighted by Crippen LogP contribution is -2.52. The van der Waals surface area contributed by atoms with Crippen LogP contribution in [0.25, 0.3) is 10.9 Å². The van der Waals surface area contributed by atoms with Gasteiger partial charge in [-0.1, -0.05) is 74.5 Å². The van der Waals surface area contributed by atoms with Crippen molar-refractivity contribution in [2.45, 2.75) is 76.1 Å². The highest BCUT2D eigenvalue weighted by molar-refractivity contribution is 6.40. The minimum Gasteiger partial charge on any atom is -0.383 e. The lowest BCUT2D eigenvalue weighted by Gasteiger charge is -2.42. The maximum Gasteiger partial charge on any atom is 0.314 e. The van der Waals surface area contributed by atoms with Gasteiger partial charge in [-0.2, -0.15) is 5.10 Å². The molecule has 298 valence electrons. The van der Waals surface area contributed by atoms with Crippen molar-refractivity contribution in [1.82, 2.24) is 24.6 Å². The second-order valence-electron chi connectivity index (χ2n) is 14.6. The van der Waals surface area contributed by atoms with E-state index in [9.17, 15) is 36.7 Å². The van der Waals surface area contributed by atoms with Gasteiger partial charge in [0.1, 0.15) is 17.6 Å². The number of piperidine rings is 2. The Hall–Kier alpha value is -5.58. The summed E-state index contributed by atoms with van der Waals surface area (Å²) in [6.45, 7) is 2.94. The van der Waals surface area contributed by atoms with Crippen LogP contribution in [0, 0.1) is 11.8 Å². The molecular weight excluding hydrogens is 736 g/mol.